The minimum Gasteiger partial charge on any atom is -0.493 e. The fraction of sp³-hybridized carbons (Fsp3) is 0.318. The van der Waals surface area contributed by atoms with E-state index in [1.54, 1.807) is 29.2 Å². The Balaban J connectivity index is 1.33. The summed E-state index contributed by atoms with van der Waals surface area (Å²) < 4.78 is 16.8. The number of rotatable bonds is 6. The van der Waals surface area contributed by atoms with Gasteiger partial charge in [-0.05, 0) is 36.8 Å². The van der Waals surface area contributed by atoms with Gasteiger partial charge >= 0.3 is 0 Å². The second kappa shape index (κ2) is 9.28. The third-order valence-electron chi connectivity index (χ3n) is 4.92. The molecular weight excluding hydrogens is 406 g/mol. The van der Waals surface area contributed by atoms with Crippen molar-refractivity contribution in [2.45, 2.75) is 19.4 Å². The lowest BCUT2D eigenvalue weighted by atomic mass is 10.1. The van der Waals surface area contributed by atoms with Crippen molar-refractivity contribution < 1.29 is 18.8 Å². The molecule has 1 aromatic heterocycles. The molecule has 2 heterocycles. The first kappa shape index (κ1) is 20.4. The summed E-state index contributed by atoms with van der Waals surface area (Å²) in [6, 6.07) is 14.9. The number of nitrogens with zero attached hydrogens (tertiary/aromatic N) is 3. The van der Waals surface area contributed by atoms with E-state index in [2.05, 4.69) is 10.1 Å². The molecule has 0 saturated carbocycles. The number of hydrogen-bond donors (Lipinski definition) is 0. The van der Waals surface area contributed by atoms with Crippen LogP contribution in [-0.4, -0.2) is 47.3 Å². The summed E-state index contributed by atoms with van der Waals surface area (Å²) in [6.45, 7) is 3.59. The molecule has 156 valence electrons. The highest BCUT2D eigenvalue weighted by Crippen LogP contribution is 2.25. The predicted molar refractivity (Wildman–Crippen MR) is 111 cm³/mol. The molecule has 0 bridgehead atoms. The Bertz CT molecular complexity index is 1010. The molecule has 1 aliphatic heterocycles. The maximum atomic E-state index is 12.6. The average molecular weight is 428 g/mol. The van der Waals surface area contributed by atoms with E-state index in [4.69, 9.17) is 25.6 Å². The zero-order valence-corrected chi connectivity index (χ0v) is 17.3. The quantitative estimate of drug-likeness (QED) is 0.590. The first-order valence-corrected chi connectivity index (χ1v) is 10.2. The van der Waals surface area contributed by atoms with Crippen LogP contribution >= 0.6 is 11.6 Å². The van der Waals surface area contributed by atoms with E-state index >= 15 is 0 Å². The smallest absolute Gasteiger partial charge is 0.257 e. The van der Waals surface area contributed by atoms with Crippen LogP contribution in [-0.2, 0) is 9.53 Å². The zero-order valence-electron chi connectivity index (χ0n) is 16.6. The van der Waals surface area contributed by atoms with Gasteiger partial charge in [0.1, 0.15) is 5.75 Å². The van der Waals surface area contributed by atoms with E-state index in [0.717, 1.165) is 11.1 Å². The molecule has 0 radical (unpaired) electrons. The van der Waals surface area contributed by atoms with Crippen LogP contribution in [0.15, 0.2) is 53.1 Å². The van der Waals surface area contributed by atoms with Crippen LogP contribution in [0.25, 0.3) is 11.4 Å². The summed E-state index contributed by atoms with van der Waals surface area (Å²) in [5.74, 6) is 1.58. The molecule has 0 aliphatic carbocycles. The molecule has 4 rings (SSSR count). The second-order valence-corrected chi connectivity index (χ2v) is 7.46. The Kier molecular flexibility index (Phi) is 6.30. The molecule has 30 heavy (non-hydrogen) atoms. The van der Waals surface area contributed by atoms with Crippen LogP contribution in [0.3, 0.4) is 0 Å². The minimum atomic E-state index is -0.440. The van der Waals surface area contributed by atoms with E-state index in [9.17, 15) is 4.79 Å². The number of benzene rings is 2. The normalized spacial score (nSPS) is 16.5. The lowest BCUT2D eigenvalue weighted by Crippen LogP contribution is -2.42. The van der Waals surface area contributed by atoms with Gasteiger partial charge in [0.05, 0.1) is 26.2 Å². The Morgan fingerprint density at radius 3 is 2.83 bits per heavy atom. The first-order valence-electron chi connectivity index (χ1n) is 9.77. The van der Waals surface area contributed by atoms with Crippen molar-refractivity contribution in [3.63, 3.8) is 0 Å². The lowest BCUT2D eigenvalue weighted by Gasteiger charge is -2.31. The number of carbonyl (C=O) groups is 1. The molecule has 3 aromatic rings. The molecule has 7 nitrogen and oxygen atoms in total. The fourth-order valence-electron chi connectivity index (χ4n) is 3.27. The Labute approximate surface area is 179 Å². The number of hydrogen-bond acceptors (Lipinski definition) is 6. The number of aromatic nitrogens is 2. The van der Waals surface area contributed by atoms with Crippen molar-refractivity contribution >= 4 is 17.5 Å². The van der Waals surface area contributed by atoms with E-state index < -0.39 is 6.10 Å². The topological polar surface area (TPSA) is 77.7 Å². The summed E-state index contributed by atoms with van der Waals surface area (Å²) >= 11 is 5.86. The standard InChI is InChI=1S/C22H22ClN3O4/c1-15-4-2-3-5-18(15)21-24-22(30-25-21)19-14-26(11-13-29-19)20(27)10-12-28-17-8-6-16(23)7-9-17/h2-9,19H,10-14H2,1H3/t19-/m0/s1. The highest BCUT2D eigenvalue weighted by atomic mass is 35.5. The van der Waals surface area contributed by atoms with Gasteiger partial charge in [0.2, 0.25) is 11.7 Å². The lowest BCUT2D eigenvalue weighted by molar-refractivity contribution is -0.140. The maximum absolute atomic E-state index is 12.6. The van der Waals surface area contributed by atoms with Crippen molar-refractivity contribution in [2.24, 2.45) is 0 Å². The Morgan fingerprint density at radius 2 is 2.03 bits per heavy atom. The van der Waals surface area contributed by atoms with Gasteiger partial charge in [-0.25, -0.2) is 0 Å². The molecule has 1 saturated heterocycles. The number of halogens is 1. The first-order chi connectivity index (χ1) is 14.6. The number of morpholine rings is 1. The van der Waals surface area contributed by atoms with E-state index in [1.807, 2.05) is 31.2 Å². The number of amides is 1. The third kappa shape index (κ3) is 4.80. The van der Waals surface area contributed by atoms with Gasteiger partial charge in [0.25, 0.3) is 5.89 Å². The fourth-order valence-corrected chi connectivity index (χ4v) is 3.40. The molecule has 1 atom stereocenters. The second-order valence-electron chi connectivity index (χ2n) is 7.02. The van der Waals surface area contributed by atoms with Gasteiger partial charge in [-0.15, -0.1) is 0 Å². The summed E-state index contributed by atoms with van der Waals surface area (Å²) in [6.07, 6.45) is -0.168. The largest absolute Gasteiger partial charge is 0.493 e. The van der Waals surface area contributed by atoms with Crippen LogP contribution in [0.2, 0.25) is 5.02 Å². The third-order valence-corrected chi connectivity index (χ3v) is 5.17. The summed E-state index contributed by atoms with van der Waals surface area (Å²) in [7, 11) is 0. The molecule has 1 aliphatic rings. The molecule has 8 heteroatoms. The summed E-state index contributed by atoms with van der Waals surface area (Å²) in [4.78, 5) is 18.8. The number of ether oxygens (including phenoxy) is 2. The minimum absolute atomic E-state index is 0.00379. The van der Waals surface area contributed by atoms with Crippen LogP contribution in [0.4, 0.5) is 0 Å². The van der Waals surface area contributed by atoms with Crippen LogP contribution < -0.4 is 4.74 Å². The van der Waals surface area contributed by atoms with Gasteiger partial charge in [-0.2, -0.15) is 4.98 Å². The molecule has 0 spiro atoms. The van der Waals surface area contributed by atoms with Crippen molar-refractivity contribution in [1.82, 2.24) is 15.0 Å². The average Bonchev–Trinajstić information content (AvgIpc) is 3.25. The molecule has 2 aromatic carbocycles. The highest BCUT2D eigenvalue weighted by Gasteiger charge is 2.29. The van der Waals surface area contributed by atoms with Gasteiger partial charge in [-0.1, -0.05) is 41.0 Å². The number of aryl methyl sites for hydroxylation is 1. The molecular formula is C22H22ClN3O4. The zero-order chi connectivity index (χ0) is 20.9. The monoisotopic (exact) mass is 427 g/mol. The van der Waals surface area contributed by atoms with Gasteiger partial charge in [0.15, 0.2) is 6.10 Å². The summed E-state index contributed by atoms with van der Waals surface area (Å²) in [5, 5.41) is 4.73. The van der Waals surface area contributed by atoms with Crippen LogP contribution in [0.5, 0.6) is 5.75 Å². The van der Waals surface area contributed by atoms with Crippen molar-refractivity contribution in [1.29, 1.82) is 0 Å². The molecule has 1 fully saturated rings. The Hall–Kier alpha value is -2.90. The highest BCUT2D eigenvalue weighted by molar-refractivity contribution is 6.30. The van der Waals surface area contributed by atoms with Gasteiger partial charge in [0, 0.05) is 17.1 Å². The van der Waals surface area contributed by atoms with E-state index in [-0.39, 0.29) is 12.3 Å². The van der Waals surface area contributed by atoms with Crippen molar-refractivity contribution in [2.75, 3.05) is 26.3 Å². The van der Waals surface area contributed by atoms with Crippen molar-refractivity contribution in [3.8, 4) is 17.1 Å². The Morgan fingerprint density at radius 1 is 1.23 bits per heavy atom. The van der Waals surface area contributed by atoms with E-state index in [0.29, 0.717) is 48.8 Å². The van der Waals surface area contributed by atoms with Crippen LogP contribution in [0.1, 0.15) is 24.0 Å². The maximum Gasteiger partial charge on any atom is 0.257 e. The summed E-state index contributed by atoms with van der Waals surface area (Å²) in [5.41, 5.74) is 1.97. The number of carbonyl (C=O) groups excluding carboxylic acids is 1. The van der Waals surface area contributed by atoms with Crippen LogP contribution in [0, 0.1) is 6.92 Å². The van der Waals surface area contributed by atoms with Gasteiger partial charge < -0.3 is 18.9 Å². The van der Waals surface area contributed by atoms with Gasteiger partial charge in [-0.3, -0.25) is 4.79 Å². The predicted octanol–water partition coefficient (Wildman–Crippen LogP) is 4.07. The molecule has 0 N–H and O–H groups in total. The SMILES string of the molecule is Cc1ccccc1-c1noc([C@@H]2CN(C(=O)CCOc3ccc(Cl)cc3)CCO2)n1. The molecule has 0 unspecified atom stereocenters. The van der Waals surface area contributed by atoms with E-state index in [1.165, 1.54) is 0 Å². The van der Waals surface area contributed by atoms with Crippen molar-refractivity contribution in [3.05, 3.63) is 65.0 Å². The molecule has 1 amide bonds.